The number of Topliss-reactive ketones (excluding diaryl/α,β-unsaturated/α-hetero) is 1. The van der Waals surface area contributed by atoms with Gasteiger partial charge in [0.2, 0.25) is 5.91 Å². The second-order valence-corrected chi connectivity index (χ2v) is 7.06. The third-order valence-electron chi connectivity index (χ3n) is 5.08. The van der Waals surface area contributed by atoms with Gasteiger partial charge in [0.25, 0.3) is 0 Å². The molecule has 25 heavy (non-hydrogen) atoms. The molecule has 1 N–H and O–H groups in total. The van der Waals surface area contributed by atoms with Crippen molar-refractivity contribution < 1.29 is 9.59 Å². The zero-order valence-corrected chi connectivity index (χ0v) is 14.4. The van der Waals surface area contributed by atoms with Gasteiger partial charge in [-0.15, -0.1) is 0 Å². The number of halogens is 1. The second-order valence-electron chi connectivity index (χ2n) is 6.66. The number of nitrogens with one attached hydrogen (secondary N) is 1. The zero-order valence-electron chi connectivity index (χ0n) is 13.7. The molecule has 0 saturated carbocycles. The third-order valence-corrected chi connectivity index (χ3v) is 5.43. The molecule has 0 bridgehead atoms. The first-order valence-corrected chi connectivity index (χ1v) is 8.86. The summed E-state index contributed by atoms with van der Waals surface area (Å²) in [4.78, 5) is 25.2. The summed E-state index contributed by atoms with van der Waals surface area (Å²) < 4.78 is 0. The van der Waals surface area contributed by atoms with Gasteiger partial charge in [-0.05, 0) is 29.5 Å². The minimum absolute atomic E-state index is 0.00905. The fourth-order valence-corrected chi connectivity index (χ4v) is 4.25. The van der Waals surface area contributed by atoms with E-state index in [0.717, 1.165) is 22.4 Å². The van der Waals surface area contributed by atoms with E-state index >= 15 is 0 Å². The van der Waals surface area contributed by atoms with Crippen LogP contribution in [0.5, 0.6) is 0 Å². The summed E-state index contributed by atoms with van der Waals surface area (Å²) in [5.74, 6) is -0.0559. The Bertz CT molecular complexity index is 872. The van der Waals surface area contributed by atoms with E-state index in [0.29, 0.717) is 24.3 Å². The average Bonchev–Trinajstić information content (AvgIpc) is 2.61. The Labute approximate surface area is 151 Å². The minimum Gasteiger partial charge on any atom is -0.329 e. The number of hydrogen-bond acceptors (Lipinski definition) is 2. The molecule has 2 atom stereocenters. The van der Waals surface area contributed by atoms with E-state index in [1.54, 1.807) is 0 Å². The molecule has 4 heteroatoms. The van der Waals surface area contributed by atoms with Crippen LogP contribution in [0.4, 0.5) is 0 Å². The lowest BCUT2D eigenvalue weighted by atomic mass is 9.73. The molecular weight excluding hydrogens is 334 g/mol. The van der Waals surface area contributed by atoms with Crippen LogP contribution in [0.15, 0.2) is 65.9 Å². The highest BCUT2D eigenvalue weighted by Gasteiger charge is 2.38. The molecule has 0 radical (unpaired) electrons. The number of hydrogen-bond donors (Lipinski definition) is 1. The molecule has 0 aromatic heterocycles. The molecule has 0 unspecified atom stereocenters. The SMILES string of the molecule is O=C1C[C@@H](c2ccccc2)C2=C(C[C@H](c3ccccc3Cl)CC2=O)N1. The maximum atomic E-state index is 13.0. The first-order chi connectivity index (χ1) is 12.1. The predicted octanol–water partition coefficient (Wildman–Crippen LogP) is 4.34. The summed E-state index contributed by atoms with van der Waals surface area (Å²) in [5.41, 5.74) is 3.54. The van der Waals surface area contributed by atoms with Crippen LogP contribution in [0.25, 0.3) is 0 Å². The number of carbonyl (C=O) groups excluding carboxylic acids is 2. The van der Waals surface area contributed by atoms with E-state index in [1.165, 1.54) is 0 Å². The monoisotopic (exact) mass is 351 g/mol. The van der Waals surface area contributed by atoms with Crippen LogP contribution in [0.2, 0.25) is 5.02 Å². The van der Waals surface area contributed by atoms with Gasteiger partial charge in [-0.2, -0.15) is 0 Å². The second kappa shape index (κ2) is 6.49. The number of rotatable bonds is 2. The van der Waals surface area contributed by atoms with Gasteiger partial charge in [-0.1, -0.05) is 60.1 Å². The highest BCUT2D eigenvalue weighted by molar-refractivity contribution is 6.31. The lowest BCUT2D eigenvalue weighted by Gasteiger charge is -2.34. The van der Waals surface area contributed by atoms with Crippen molar-refractivity contribution in [3.8, 4) is 0 Å². The number of ketones is 1. The molecule has 3 nitrogen and oxygen atoms in total. The average molecular weight is 352 g/mol. The Balaban J connectivity index is 1.73. The maximum absolute atomic E-state index is 13.0. The largest absolute Gasteiger partial charge is 0.329 e. The van der Waals surface area contributed by atoms with Crippen LogP contribution in [0, 0.1) is 0 Å². The summed E-state index contributed by atoms with van der Waals surface area (Å²) in [6.07, 6.45) is 1.40. The van der Waals surface area contributed by atoms with Crippen molar-refractivity contribution in [2.45, 2.75) is 31.1 Å². The molecule has 1 heterocycles. The Morgan fingerprint density at radius 1 is 0.880 bits per heavy atom. The predicted molar refractivity (Wildman–Crippen MR) is 97.4 cm³/mol. The van der Waals surface area contributed by atoms with E-state index < -0.39 is 0 Å². The first-order valence-electron chi connectivity index (χ1n) is 8.49. The van der Waals surface area contributed by atoms with Crippen molar-refractivity contribution in [1.29, 1.82) is 0 Å². The third kappa shape index (κ3) is 3.00. The number of amides is 1. The van der Waals surface area contributed by atoms with Crippen molar-refractivity contribution in [3.63, 3.8) is 0 Å². The lowest BCUT2D eigenvalue weighted by molar-refractivity contribution is -0.122. The van der Waals surface area contributed by atoms with Crippen molar-refractivity contribution in [2.24, 2.45) is 0 Å². The topological polar surface area (TPSA) is 46.2 Å². The molecule has 2 aliphatic rings. The Hall–Kier alpha value is -2.39. The highest BCUT2D eigenvalue weighted by Crippen LogP contribution is 2.43. The molecule has 1 aliphatic heterocycles. The van der Waals surface area contributed by atoms with E-state index in [1.807, 2.05) is 54.6 Å². The van der Waals surface area contributed by atoms with Gasteiger partial charge in [0.15, 0.2) is 5.78 Å². The molecule has 0 spiro atoms. The summed E-state index contributed by atoms with van der Waals surface area (Å²) >= 11 is 6.32. The molecule has 4 rings (SSSR count). The van der Waals surface area contributed by atoms with Gasteiger partial charge in [0, 0.05) is 35.1 Å². The number of allylic oxidation sites excluding steroid dienone is 2. The summed E-state index contributed by atoms with van der Waals surface area (Å²) in [5, 5.41) is 3.62. The van der Waals surface area contributed by atoms with Crippen molar-refractivity contribution in [2.75, 3.05) is 0 Å². The van der Waals surface area contributed by atoms with Gasteiger partial charge in [0.05, 0.1) is 0 Å². The summed E-state index contributed by atoms with van der Waals surface area (Å²) in [6, 6.07) is 17.4. The molecule has 0 fully saturated rings. The first kappa shape index (κ1) is 16.1. The van der Waals surface area contributed by atoms with Crippen molar-refractivity contribution in [3.05, 3.63) is 82.0 Å². The van der Waals surface area contributed by atoms with Gasteiger partial charge >= 0.3 is 0 Å². The van der Waals surface area contributed by atoms with Crippen LogP contribution in [-0.4, -0.2) is 11.7 Å². The van der Waals surface area contributed by atoms with Crippen molar-refractivity contribution in [1.82, 2.24) is 5.32 Å². The fourth-order valence-electron chi connectivity index (χ4n) is 3.96. The van der Waals surface area contributed by atoms with Gasteiger partial charge in [-0.3, -0.25) is 9.59 Å². The molecule has 1 amide bonds. The van der Waals surface area contributed by atoms with Crippen LogP contribution < -0.4 is 5.32 Å². The highest BCUT2D eigenvalue weighted by atomic mass is 35.5. The van der Waals surface area contributed by atoms with Gasteiger partial charge in [-0.25, -0.2) is 0 Å². The lowest BCUT2D eigenvalue weighted by Crippen LogP contribution is -2.38. The Morgan fingerprint density at radius 2 is 1.60 bits per heavy atom. The van der Waals surface area contributed by atoms with Crippen LogP contribution in [0.1, 0.15) is 42.2 Å². The fraction of sp³-hybridized carbons (Fsp3) is 0.238. The quantitative estimate of drug-likeness (QED) is 0.874. The molecule has 2 aromatic rings. The van der Waals surface area contributed by atoms with E-state index in [-0.39, 0.29) is 23.5 Å². The summed E-state index contributed by atoms with van der Waals surface area (Å²) in [6.45, 7) is 0. The van der Waals surface area contributed by atoms with E-state index in [4.69, 9.17) is 11.6 Å². The Kier molecular flexibility index (Phi) is 4.18. The normalized spacial score (nSPS) is 23.2. The maximum Gasteiger partial charge on any atom is 0.225 e. The van der Waals surface area contributed by atoms with Crippen LogP contribution in [0.3, 0.4) is 0 Å². The molecule has 0 saturated heterocycles. The summed E-state index contributed by atoms with van der Waals surface area (Å²) in [7, 11) is 0. The minimum atomic E-state index is -0.148. The number of carbonyl (C=O) groups is 2. The van der Waals surface area contributed by atoms with E-state index in [9.17, 15) is 9.59 Å². The molecule has 2 aromatic carbocycles. The smallest absolute Gasteiger partial charge is 0.225 e. The van der Waals surface area contributed by atoms with E-state index in [2.05, 4.69) is 5.32 Å². The van der Waals surface area contributed by atoms with Crippen LogP contribution in [-0.2, 0) is 9.59 Å². The van der Waals surface area contributed by atoms with Crippen LogP contribution >= 0.6 is 11.6 Å². The zero-order chi connectivity index (χ0) is 17.4. The molecule has 126 valence electrons. The molecule has 1 aliphatic carbocycles. The van der Waals surface area contributed by atoms with Gasteiger partial charge < -0.3 is 5.32 Å². The number of benzene rings is 2. The standard InChI is InChI=1S/C21H18ClNO2/c22-17-9-5-4-8-15(17)14-10-18-21(19(24)11-14)16(12-20(25)23-18)13-6-2-1-3-7-13/h1-9,14,16H,10-12H2,(H,23,25)/t14-,16-/m0/s1. The molecular formula is C21H18ClNO2. The van der Waals surface area contributed by atoms with Crippen molar-refractivity contribution >= 4 is 23.3 Å². The Morgan fingerprint density at radius 3 is 2.36 bits per heavy atom. The van der Waals surface area contributed by atoms with Gasteiger partial charge in [0.1, 0.15) is 0 Å².